The summed E-state index contributed by atoms with van der Waals surface area (Å²) >= 11 is 3.44. The molecule has 5 heteroatoms. The van der Waals surface area contributed by atoms with Gasteiger partial charge >= 0.3 is 0 Å². The Labute approximate surface area is 167 Å². The minimum absolute atomic E-state index is 0.147. The van der Waals surface area contributed by atoms with Gasteiger partial charge in [-0.1, -0.05) is 21.5 Å². The first-order valence-electron chi connectivity index (χ1n) is 8.58. The summed E-state index contributed by atoms with van der Waals surface area (Å²) in [5.41, 5.74) is 3.31. The molecule has 2 aromatic rings. The molecule has 1 heterocycles. The number of hydrogen-bond donors (Lipinski definition) is 0. The van der Waals surface area contributed by atoms with Crippen molar-refractivity contribution < 1.29 is 19.0 Å². The van der Waals surface area contributed by atoms with E-state index in [0.29, 0.717) is 29.4 Å². The zero-order valence-corrected chi connectivity index (χ0v) is 17.3. The molecule has 0 atom stereocenters. The summed E-state index contributed by atoms with van der Waals surface area (Å²) in [7, 11) is 1.59. The lowest BCUT2D eigenvalue weighted by Gasteiger charge is -2.10. The molecule has 0 saturated heterocycles. The van der Waals surface area contributed by atoms with Crippen LogP contribution in [0, 0.1) is 6.92 Å². The zero-order valence-electron chi connectivity index (χ0n) is 15.8. The fourth-order valence-corrected chi connectivity index (χ4v) is 3.16. The van der Waals surface area contributed by atoms with E-state index in [0.717, 1.165) is 15.6 Å². The van der Waals surface area contributed by atoms with Gasteiger partial charge in [-0.3, -0.25) is 4.79 Å². The largest absolute Gasteiger partial charge is 0.496 e. The molecule has 0 radical (unpaired) electrons. The van der Waals surface area contributed by atoms with Crippen molar-refractivity contribution in [3.05, 3.63) is 68.9 Å². The van der Waals surface area contributed by atoms with Gasteiger partial charge in [0.25, 0.3) is 0 Å². The summed E-state index contributed by atoms with van der Waals surface area (Å²) in [5.74, 6) is 2.05. The number of halogens is 1. The Bertz CT molecular complexity index is 953. The highest BCUT2D eigenvalue weighted by Crippen LogP contribution is 2.40. The van der Waals surface area contributed by atoms with Crippen molar-refractivity contribution in [1.82, 2.24) is 0 Å². The summed E-state index contributed by atoms with van der Waals surface area (Å²) in [6, 6.07) is 9.17. The highest BCUT2D eigenvalue weighted by atomic mass is 79.9. The highest BCUT2D eigenvalue weighted by Gasteiger charge is 2.30. The van der Waals surface area contributed by atoms with Crippen molar-refractivity contribution in [1.29, 1.82) is 0 Å². The molecule has 0 N–H and O–H groups in total. The van der Waals surface area contributed by atoms with Crippen molar-refractivity contribution in [3.8, 4) is 17.2 Å². The first kappa shape index (κ1) is 19.2. The van der Waals surface area contributed by atoms with Crippen LogP contribution in [0.3, 0.4) is 0 Å². The molecule has 3 rings (SSSR count). The molecule has 0 aliphatic carbocycles. The lowest BCUT2D eigenvalue weighted by Crippen LogP contribution is -1.99. The molecule has 0 saturated carbocycles. The smallest absolute Gasteiger partial charge is 0.231 e. The predicted octanol–water partition coefficient (Wildman–Crippen LogP) is 5.73. The molecular weight excluding hydrogens is 408 g/mol. The molecule has 4 nitrogen and oxygen atoms in total. The number of rotatable bonds is 5. The number of methoxy groups -OCH3 is 1. The van der Waals surface area contributed by atoms with Crippen molar-refractivity contribution >= 4 is 27.8 Å². The van der Waals surface area contributed by atoms with Crippen LogP contribution in [-0.2, 0) is 0 Å². The molecular formula is C22H21BrO4. The molecule has 0 aromatic heterocycles. The van der Waals surface area contributed by atoms with Crippen molar-refractivity contribution in [2.45, 2.75) is 20.8 Å². The van der Waals surface area contributed by atoms with Gasteiger partial charge in [0.1, 0.15) is 23.9 Å². The maximum atomic E-state index is 12.8. The van der Waals surface area contributed by atoms with Gasteiger partial charge in [-0.05, 0) is 63.3 Å². The monoisotopic (exact) mass is 428 g/mol. The van der Waals surface area contributed by atoms with Crippen molar-refractivity contribution in [2.75, 3.05) is 13.7 Å². The van der Waals surface area contributed by atoms with E-state index >= 15 is 0 Å². The first-order chi connectivity index (χ1) is 12.9. The standard InChI is InChI=1S/C22H21BrO4/c1-13(2)9-10-26-18-8-6-17-21(24)20(27-22(17)14(18)3)12-15-11-16(23)5-7-19(15)25-4/h5-9,11-12H,10H2,1-4H3/b20-12-. The van der Waals surface area contributed by atoms with Gasteiger partial charge in [0.15, 0.2) is 5.76 Å². The summed E-state index contributed by atoms with van der Waals surface area (Å²) in [4.78, 5) is 12.8. The van der Waals surface area contributed by atoms with Gasteiger partial charge in [-0.2, -0.15) is 0 Å². The molecule has 1 aliphatic heterocycles. The third-order valence-electron chi connectivity index (χ3n) is 4.25. The van der Waals surface area contributed by atoms with E-state index in [-0.39, 0.29) is 11.5 Å². The molecule has 140 valence electrons. The van der Waals surface area contributed by atoms with Gasteiger partial charge in [0, 0.05) is 15.6 Å². The first-order valence-corrected chi connectivity index (χ1v) is 9.37. The Morgan fingerprint density at radius 3 is 2.63 bits per heavy atom. The van der Waals surface area contributed by atoms with Crippen molar-refractivity contribution in [3.63, 3.8) is 0 Å². The van der Waals surface area contributed by atoms with E-state index in [2.05, 4.69) is 15.9 Å². The minimum atomic E-state index is -0.147. The second kappa shape index (κ2) is 8.01. The Kier molecular flexibility index (Phi) is 5.71. The Balaban J connectivity index is 1.92. The normalized spacial score (nSPS) is 14.0. The average molecular weight is 429 g/mol. The van der Waals surface area contributed by atoms with E-state index in [1.165, 1.54) is 5.57 Å². The lowest BCUT2D eigenvalue weighted by atomic mass is 10.1. The summed E-state index contributed by atoms with van der Waals surface area (Å²) in [6.07, 6.45) is 3.71. The highest BCUT2D eigenvalue weighted by molar-refractivity contribution is 9.10. The van der Waals surface area contributed by atoms with Crippen LogP contribution in [0.5, 0.6) is 17.2 Å². The van der Waals surface area contributed by atoms with Gasteiger partial charge in [-0.15, -0.1) is 0 Å². The third-order valence-corrected chi connectivity index (χ3v) is 4.74. The van der Waals surface area contributed by atoms with Crippen LogP contribution in [0.4, 0.5) is 0 Å². The van der Waals surface area contributed by atoms with Crippen LogP contribution in [0.15, 0.2) is 52.2 Å². The average Bonchev–Trinajstić information content (AvgIpc) is 2.94. The SMILES string of the molecule is COc1ccc(Br)cc1/C=C1\Oc2c(ccc(OCC=C(C)C)c2C)C1=O. The maximum Gasteiger partial charge on any atom is 0.231 e. The molecule has 0 spiro atoms. The number of ether oxygens (including phenoxy) is 3. The van der Waals surface area contributed by atoms with Crippen molar-refractivity contribution in [2.24, 2.45) is 0 Å². The Morgan fingerprint density at radius 2 is 1.93 bits per heavy atom. The summed E-state index contributed by atoms with van der Waals surface area (Å²) < 4.78 is 18.0. The van der Waals surface area contributed by atoms with Crippen LogP contribution in [0.1, 0.15) is 35.3 Å². The van der Waals surface area contributed by atoms with E-state index in [4.69, 9.17) is 14.2 Å². The van der Waals surface area contributed by atoms with Crippen LogP contribution in [-0.4, -0.2) is 19.5 Å². The Hall–Kier alpha value is -2.53. The fourth-order valence-electron chi connectivity index (χ4n) is 2.78. The van der Waals surface area contributed by atoms with Gasteiger partial charge < -0.3 is 14.2 Å². The lowest BCUT2D eigenvalue weighted by molar-refractivity contribution is 0.101. The van der Waals surface area contributed by atoms with E-state index < -0.39 is 0 Å². The quantitative estimate of drug-likeness (QED) is 0.450. The number of allylic oxidation sites excluding steroid dienone is 2. The number of carbonyl (C=O) groups is 1. The van der Waals surface area contributed by atoms with Crippen LogP contribution >= 0.6 is 15.9 Å². The second-order valence-electron chi connectivity index (χ2n) is 6.48. The maximum absolute atomic E-state index is 12.8. The molecule has 0 amide bonds. The van der Waals surface area contributed by atoms with Crippen LogP contribution in [0.2, 0.25) is 0 Å². The van der Waals surface area contributed by atoms with Crippen LogP contribution < -0.4 is 14.2 Å². The molecule has 0 fully saturated rings. The molecule has 1 aliphatic rings. The fraction of sp³-hybridized carbons (Fsp3) is 0.227. The summed E-state index contributed by atoms with van der Waals surface area (Å²) in [5, 5.41) is 0. The van der Waals surface area contributed by atoms with Gasteiger partial charge in [0.05, 0.1) is 12.7 Å². The molecule has 2 aromatic carbocycles. The van der Waals surface area contributed by atoms with Gasteiger partial charge in [-0.25, -0.2) is 0 Å². The number of benzene rings is 2. The zero-order chi connectivity index (χ0) is 19.6. The van der Waals surface area contributed by atoms with E-state index in [9.17, 15) is 4.79 Å². The molecule has 0 bridgehead atoms. The van der Waals surface area contributed by atoms with E-state index in [1.807, 2.05) is 51.1 Å². The number of carbonyl (C=O) groups excluding carboxylic acids is 1. The van der Waals surface area contributed by atoms with Crippen LogP contribution in [0.25, 0.3) is 6.08 Å². The summed E-state index contributed by atoms with van der Waals surface area (Å²) in [6.45, 7) is 6.42. The topological polar surface area (TPSA) is 44.8 Å². The second-order valence-corrected chi connectivity index (χ2v) is 7.40. The molecule has 27 heavy (non-hydrogen) atoms. The van der Waals surface area contributed by atoms with E-state index in [1.54, 1.807) is 19.3 Å². The minimum Gasteiger partial charge on any atom is -0.496 e. The predicted molar refractivity (Wildman–Crippen MR) is 110 cm³/mol. The number of Topliss-reactive ketones (excluding diaryl/α,β-unsaturated/α-hetero) is 1. The third kappa shape index (κ3) is 4.08. The number of hydrogen-bond acceptors (Lipinski definition) is 4. The molecule has 0 unspecified atom stereocenters. The Morgan fingerprint density at radius 1 is 1.19 bits per heavy atom. The number of fused-ring (bicyclic) bond motifs is 1. The number of ketones is 1. The van der Waals surface area contributed by atoms with Gasteiger partial charge in [0.2, 0.25) is 5.78 Å².